The summed E-state index contributed by atoms with van der Waals surface area (Å²) in [5.41, 5.74) is -0.197. The van der Waals surface area contributed by atoms with Crippen LogP contribution in [0.5, 0.6) is 0 Å². The van der Waals surface area contributed by atoms with Crippen molar-refractivity contribution in [3.05, 3.63) is 11.6 Å². The molecule has 118 valence electrons. The molecule has 5 nitrogen and oxygen atoms in total. The van der Waals surface area contributed by atoms with Crippen LogP contribution < -0.4 is 5.32 Å². The van der Waals surface area contributed by atoms with E-state index in [4.69, 9.17) is 4.74 Å². The van der Waals surface area contributed by atoms with Crippen molar-refractivity contribution in [1.82, 2.24) is 20.1 Å². The van der Waals surface area contributed by atoms with Gasteiger partial charge in [0.15, 0.2) is 0 Å². The fourth-order valence-corrected chi connectivity index (χ4v) is 3.65. The highest BCUT2D eigenvalue weighted by molar-refractivity contribution is 5.06. The molecule has 0 aromatic carbocycles. The predicted molar refractivity (Wildman–Crippen MR) is 82.1 cm³/mol. The molecule has 2 heterocycles. The Kier molecular flexibility index (Phi) is 3.61. The molecule has 1 saturated heterocycles. The van der Waals surface area contributed by atoms with Crippen LogP contribution in [0.1, 0.15) is 70.9 Å². The minimum absolute atomic E-state index is 0.0574. The topological polar surface area (TPSA) is 52.0 Å². The first-order valence-corrected chi connectivity index (χ1v) is 8.10. The maximum Gasteiger partial charge on any atom is 0.146 e. The summed E-state index contributed by atoms with van der Waals surface area (Å²) in [6.07, 6.45) is 4.87. The van der Waals surface area contributed by atoms with Gasteiger partial charge in [-0.1, -0.05) is 6.42 Å². The maximum absolute atomic E-state index is 6.13. The van der Waals surface area contributed by atoms with Crippen molar-refractivity contribution in [1.29, 1.82) is 0 Å². The van der Waals surface area contributed by atoms with Crippen molar-refractivity contribution < 1.29 is 4.74 Å². The van der Waals surface area contributed by atoms with Crippen LogP contribution in [-0.2, 0) is 18.3 Å². The zero-order valence-corrected chi connectivity index (χ0v) is 13.9. The van der Waals surface area contributed by atoms with Crippen molar-refractivity contribution in [3.63, 3.8) is 0 Å². The van der Waals surface area contributed by atoms with E-state index in [1.165, 1.54) is 19.3 Å². The molecule has 1 atom stereocenters. The first-order valence-electron chi connectivity index (χ1n) is 8.10. The first-order chi connectivity index (χ1) is 9.78. The second-order valence-electron chi connectivity index (χ2n) is 7.76. The average Bonchev–Trinajstić information content (AvgIpc) is 2.73. The highest BCUT2D eigenvalue weighted by atomic mass is 16.5. The molecule has 21 heavy (non-hydrogen) atoms. The summed E-state index contributed by atoms with van der Waals surface area (Å²) in [5.74, 6) is 2.80. The third-order valence-electron chi connectivity index (χ3n) is 5.05. The van der Waals surface area contributed by atoms with Crippen LogP contribution in [0.3, 0.4) is 0 Å². The summed E-state index contributed by atoms with van der Waals surface area (Å²) in [4.78, 5) is 0. The number of ether oxygens (including phenoxy) is 1. The van der Waals surface area contributed by atoms with Crippen LogP contribution in [0.2, 0.25) is 0 Å². The van der Waals surface area contributed by atoms with E-state index < -0.39 is 0 Å². The highest BCUT2D eigenvalue weighted by Gasteiger charge is 2.45. The van der Waals surface area contributed by atoms with Gasteiger partial charge in [0.1, 0.15) is 11.6 Å². The number of rotatable bonds is 4. The fraction of sp³-hybridized carbons (Fsp3) is 0.875. The Morgan fingerprint density at radius 3 is 2.48 bits per heavy atom. The minimum Gasteiger partial charge on any atom is -0.368 e. The molecule has 1 aromatic rings. The van der Waals surface area contributed by atoms with Crippen molar-refractivity contribution >= 4 is 0 Å². The van der Waals surface area contributed by atoms with Gasteiger partial charge in [-0.15, -0.1) is 10.2 Å². The van der Waals surface area contributed by atoms with Crippen molar-refractivity contribution in [3.8, 4) is 0 Å². The van der Waals surface area contributed by atoms with Crippen molar-refractivity contribution in [2.45, 2.75) is 83.1 Å². The monoisotopic (exact) mass is 292 g/mol. The summed E-state index contributed by atoms with van der Waals surface area (Å²) in [6, 6.07) is 0.344. The molecule has 0 spiro atoms. The third-order valence-corrected chi connectivity index (χ3v) is 5.05. The van der Waals surface area contributed by atoms with Gasteiger partial charge in [-0.3, -0.25) is 0 Å². The smallest absolute Gasteiger partial charge is 0.146 e. The molecule has 3 rings (SSSR count). The van der Waals surface area contributed by atoms with E-state index in [0.29, 0.717) is 12.0 Å². The van der Waals surface area contributed by atoms with Gasteiger partial charge in [-0.05, 0) is 47.0 Å². The molecule has 0 radical (unpaired) electrons. The largest absolute Gasteiger partial charge is 0.368 e. The Balaban J connectivity index is 1.64. The fourth-order valence-electron chi connectivity index (χ4n) is 3.65. The normalized spacial score (nSPS) is 27.8. The lowest BCUT2D eigenvalue weighted by molar-refractivity contribution is -0.0699. The Labute approximate surface area is 127 Å². The molecular formula is C16H28N4O. The molecule has 1 aliphatic carbocycles. The summed E-state index contributed by atoms with van der Waals surface area (Å²) in [6.45, 7) is 9.40. The molecule has 1 N–H and O–H groups in total. The molecule has 2 fully saturated rings. The second-order valence-corrected chi connectivity index (χ2v) is 7.76. The van der Waals surface area contributed by atoms with Gasteiger partial charge in [-0.2, -0.15) is 0 Å². The van der Waals surface area contributed by atoms with E-state index in [1.807, 2.05) is 0 Å². The molecule has 2 aliphatic rings. The van der Waals surface area contributed by atoms with Crippen molar-refractivity contribution in [2.75, 3.05) is 0 Å². The third kappa shape index (κ3) is 2.86. The number of hydrogen-bond acceptors (Lipinski definition) is 4. The van der Waals surface area contributed by atoms with Crippen molar-refractivity contribution in [2.24, 2.45) is 7.05 Å². The average molecular weight is 292 g/mol. The van der Waals surface area contributed by atoms with E-state index in [-0.39, 0.29) is 11.2 Å². The second kappa shape index (κ2) is 5.06. The predicted octanol–water partition coefficient (Wildman–Crippen LogP) is 2.52. The van der Waals surface area contributed by atoms with E-state index in [2.05, 4.69) is 54.8 Å². The number of hydrogen-bond donors (Lipinski definition) is 1. The lowest BCUT2D eigenvalue weighted by Gasteiger charge is -2.28. The molecule has 1 saturated carbocycles. The molecule has 1 aliphatic heterocycles. The van der Waals surface area contributed by atoms with Gasteiger partial charge in [0, 0.05) is 19.0 Å². The molecule has 0 unspecified atom stereocenters. The van der Waals surface area contributed by atoms with Crippen LogP contribution in [-0.4, -0.2) is 32.0 Å². The Morgan fingerprint density at radius 1 is 1.24 bits per heavy atom. The van der Waals surface area contributed by atoms with Gasteiger partial charge in [0.2, 0.25) is 0 Å². The summed E-state index contributed by atoms with van der Waals surface area (Å²) in [5, 5.41) is 12.4. The lowest BCUT2D eigenvalue weighted by atomic mass is 9.85. The van der Waals surface area contributed by atoms with Gasteiger partial charge < -0.3 is 14.6 Å². The standard InChI is InChI=1S/C16H28N4O/c1-15(2)9-12(16(3,4)21-15)17-10-13-18-19-14(20(13)5)11-7-6-8-11/h11-12,17H,6-10H2,1-5H3/t12-/m1/s1. The molecular weight excluding hydrogens is 264 g/mol. The van der Waals surface area contributed by atoms with Crippen LogP contribution in [0.25, 0.3) is 0 Å². The van der Waals surface area contributed by atoms with Gasteiger partial charge in [-0.25, -0.2) is 0 Å². The summed E-state index contributed by atoms with van der Waals surface area (Å²) in [7, 11) is 2.09. The number of nitrogens with one attached hydrogen (secondary N) is 1. The number of nitrogens with zero attached hydrogens (tertiary/aromatic N) is 3. The quantitative estimate of drug-likeness (QED) is 0.926. The van der Waals surface area contributed by atoms with Gasteiger partial charge >= 0.3 is 0 Å². The first kappa shape index (κ1) is 15.0. The highest BCUT2D eigenvalue weighted by Crippen LogP contribution is 2.37. The van der Waals surface area contributed by atoms with E-state index >= 15 is 0 Å². The Morgan fingerprint density at radius 2 is 1.95 bits per heavy atom. The molecule has 0 amide bonds. The summed E-state index contributed by atoms with van der Waals surface area (Å²) >= 11 is 0. The van der Waals surface area contributed by atoms with Crippen LogP contribution in [0.15, 0.2) is 0 Å². The Bertz CT molecular complexity index is 516. The molecule has 1 aromatic heterocycles. The SMILES string of the molecule is Cn1c(CN[C@@H]2CC(C)(C)OC2(C)C)nnc1C1CCC1. The molecule has 5 heteroatoms. The lowest BCUT2D eigenvalue weighted by Crippen LogP contribution is -2.43. The van der Waals surface area contributed by atoms with Crippen LogP contribution >= 0.6 is 0 Å². The summed E-state index contributed by atoms with van der Waals surface area (Å²) < 4.78 is 8.30. The zero-order valence-electron chi connectivity index (χ0n) is 13.9. The van der Waals surface area contributed by atoms with Gasteiger partial charge in [0.05, 0.1) is 17.7 Å². The van der Waals surface area contributed by atoms with Crippen LogP contribution in [0.4, 0.5) is 0 Å². The maximum atomic E-state index is 6.13. The molecule has 0 bridgehead atoms. The van der Waals surface area contributed by atoms with Gasteiger partial charge in [0.25, 0.3) is 0 Å². The van der Waals surface area contributed by atoms with E-state index in [0.717, 1.165) is 24.6 Å². The van der Waals surface area contributed by atoms with Crippen LogP contribution in [0, 0.1) is 0 Å². The minimum atomic E-state index is -0.140. The van der Waals surface area contributed by atoms with E-state index in [1.54, 1.807) is 0 Å². The zero-order chi connectivity index (χ0) is 15.3. The number of aromatic nitrogens is 3. The van der Waals surface area contributed by atoms with E-state index in [9.17, 15) is 0 Å². The Hall–Kier alpha value is -0.940.